The Morgan fingerprint density at radius 3 is 3.06 bits per heavy atom. The molecular formula is C11H14N2O3S. The third-order valence-electron chi connectivity index (χ3n) is 2.23. The number of thioether (sulfide) groups is 1. The Hall–Kier alpha value is -1.27. The van der Waals surface area contributed by atoms with Crippen molar-refractivity contribution in [3.8, 4) is 11.7 Å². The van der Waals surface area contributed by atoms with E-state index < -0.39 is 0 Å². The molecule has 1 unspecified atom stereocenters. The number of aliphatic hydroxyl groups excluding tert-OH is 1. The molecule has 2 aromatic heterocycles. The average molecular weight is 254 g/mol. The van der Waals surface area contributed by atoms with E-state index >= 15 is 0 Å². The Morgan fingerprint density at radius 1 is 1.47 bits per heavy atom. The zero-order chi connectivity index (χ0) is 12.1. The van der Waals surface area contributed by atoms with Crippen molar-refractivity contribution in [3.05, 3.63) is 24.3 Å². The van der Waals surface area contributed by atoms with Crippen molar-refractivity contribution in [1.82, 2.24) is 10.2 Å². The van der Waals surface area contributed by atoms with Crippen LogP contribution in [0.15, 0.2) is 27.2 Å². The molecular weight excluding hydrogens is 240 g/mol. The predicted molar refractivity (Wildman–Crippen MR) is 64.5 cm³/mol. The maximum Gasteiger partial charge on any atom is 0.283 e. The fraction of sp³-hybridized carbons (Fsp3) is 0.455. The predicted octanol–water partition coefficient (Wildman–Crippen LogP) is 2.33. The summed E-state index contributed by atoms with van der Waals surface area (Å²) in [5.74, 6) is 2.21. The van der Waals surface area contributed by atoms with Gasteiger partial charge in [0.1, 0.15) is 0 Å². The van der Waals surface area contributed by atoms with Crippen molar-refractivity contribution >= 4 is 11.8 Å². The highest BCUT2D eigenvalue weighted by Gasteiger charge is 2.11. The third-order valence-corrected chi connectivity index (χ3v) is 3.44. The van der Waals surface area contributed by atoms with E-state index in [1.165, 1.54) is 0 Å². The van der Waals surface area contributed by atoms with Crippen LogP contribution in [0.5, 0.6) is 0 Å². The molecule has 17 heavy (non-hydrogen) atoms. The smallest absolute Gasteiger partial charge is 0.283 e. The zero-order valence-electron chi connectivity index (χ0n) is 9.50. The number of aliphatic hydroxyl groups is 1. The molecule has 0 aromatic carbocycles. The van der Waals surface area contributed by atoms with E-state index in [-0.39, 0.29) is 6.61 Å². The van der Waals surface area contributed by atoms with Gasteiger partial charge in [0.15, 0.2) is 5.76 Å². The van der Waals surface area contributed by atoms with Crippen LogP contribution in [-0.4, -0.2) is 27.2 Å². The van der Waals surface area contributed by atoms with Gasteiger partial charge in [-0.15, -0.1) is 22.0 Å². The fourth-order valence-electron chi connectivity index (χ4n) is 1.29. The Balaban J connectivity index is 1.91. The first-order chi connectivity index (χ1) is 8.29. The highest BCUT2D eigenvalue weighted by atomic mass is 32.2. The minimum absolute atomic E-state index is 0.204. The second-order valence-corrected chi connectivity index (χ2v) is 5.04. The van der Waals surface area contributed by atoms with Gasteiger partial charge in [0, 0.05) is 11.9 Å². The lowest BCUT2D eigenvalue weighted by Gasteiger charge is -2.06. The summed E-state index contributed by atoms with van der Waals surface area (Å²) >= 11 is 1.68. The maximum absolute atomic E-state index is 8.79. The molecule has 0 amide bonds. The molecule has 6 heteroatoms. The second kappa shape index (κ2) is 5.88. The van der Waals surface area contributed by atoms with Crippen molar-refractivity contribution in [1.29, 1.82) is 0 Å². The van der Waals surface area contributed by atoms with Gasteiger partial charge in [0.2, 0.25) is 5.89 Å². The molecule has 0 bridgehead atoms. The monoisotopic (exact) mass is 254 g/mol. The van der Waals surface area contributed by atoms with Gasteiger partial charge in [0.25, 0.3) is 5.89 Å². The van der Waals surface area contributed by atoms with Gasteiger partial charge in [-0.1, -0.05) is 6.92 Å². The Kier molecular flexibility index (Phi) is 4.22. The molecule has 92 valence electrons. The van der Waals surface area contributed by atoms with E-state index in [1.54, 1.807) is 30.2 Å². The largest absolute Gasteiger partial charge is 0.459 e. The SMILES string of the molecule is CC(CCO)SCc1nnc(-c2ccco2)o1. The van der Waals surface area contributed by atoms with Crippen molar-refractivity contribution in [3.63, 3.8) is 0 Å². The average Bonchev–Trinajstić information content (AvgIpc) is 2.97. The lowest BCUT2D eigenvalue weighted by atomic mass is 10.3. The van der Waals surface area contributed by atoms with Gasteiger partial charge in [0.05, 0.1) is 12.0 Å². The first-order valence-corrected chi connectivity index (χ1v) is 6.43. The number of hydrogen-bond acceptors (Lipinski definition) is 6. The Bertz CT molecular complexity index is 441. The van der Waals surface area contributed by atoms with Crippen molar-refractivity contribution in [2.75, 3.05) is 6.61 Å². The summed E-state index contributed by atoms with van der Waals surface area (Å²) in [6.45, 7) is 2.26. The van der Waals surface area contributed by atoms with Gasteiger partial charge >= 0.3 is 0 Å². The van der Waals surface area contributed by atoms with Crippen molar-refractivity contribution in [2.24, 2.45) is 0 Å². The van der Waals surface area contributed by atoms with Crippen LogP contribution >= 0.6 is 11.8 Å². The minimum Gasteiger partial charge on any atom is -0.459 e. The van der Waals surface area contributed by atoms with Crippen molar-refractivity contribution < 1.29 is 13.9 Å². The van der Waals surface area contributed by atoms with E-state index in [4.69, 9.17) is 13.9 Å². The number of furan rings is 1. The lowest BCUT2D eigenvalue weighted by Crippen LogP contribution is -1.99. The molecule has 0 aliphatic carbocycles. The maximum atomic E-state index is 8.79. The first-order valence-electron chi connectivity index (χ1n) is 5.38. The normalized spacial score (nSPS) is 12.8. The molecule has 2 rings (SSSR count). The summed E-state index contributed by atoms with van der Waals surface area (Å²) in [7, 11) is 0. The second-order valence-electron chi connectivity index (χ2n) is 3.61. The van der Waals surface area contributed by atoms with Gasteiger partial charge in [-0.3, -0.25) is 0 Å². The van der Waals surface area contributed by atoms with Crippen LogP contribution < -0.4 is 0 Å². The van der Waals surface area contributed by atoms with Crippen molar-refractivity contribution in [2.45, 2.75) is 24.3 Å². The van der Waals surface area contributed by atoms with Crippen LogP contribution in [0.3, 0.4) is 0 Å². The van der Waals surface area contributed by atoms with Gasteiger partial charge in [-0.05, 0) is 18.6 Å². The van der Waals surface area contributed by atoms with Gasteiger partial charge < -0.3 is 13.9 Å². The Labute approximate surface area is 103 Å². The van der Waals surface area contributed by atoms with Crippen LogP contribution in [-0.2, 0) is 5.75 Å². The zero-order valence-corrected chi connectivity index (χ0v) is 10.3. The number of rotatable bonds is 6. The summed E-state index contributed by atoms with van der Waals surface area (Å²) in [6, 6.07) is 3.55. The van der Waals surface area contributed by atoms with E-state index in [0.29, 0.717) is 28.5 Å². The molecule has 0 saturated carbocycles. The number of hydrogen-bond donors (Lipinski definition) is 1. The molecule has 0 fully saturated rings. The number of nitrogens with zero attached hydrogens (tertiary/aromatic N) is 2. The van der Waals surface area contributed by atoms with Crippen LogP contribution in [0.4, 0.5) is 0 Å². The van der Waals surface area contributed by atoms with E-state index in [9.17, 15) is 0 Å². The van der Waals surface area contributed by atoms with Gasteiger partial charge in [-0.25, -0.2) is 0 Å². The summed E-state index contributed by atoms with van der Waals surface area (Å²) in [5, 5.41) is 17.0. The minimum atomic E-state index is 0.204. The van der Waals surface area contributed by atoms with Crippen LogP contribution in [0.2, 0.25) is 0 Å². The standard InChI is InChI=1S/C11H14N2O3S/c1-8(4-5-14)17-7-10-12-13-11(16-10)9-3-2-6-15-9/h2-3,6,8,14H,4-5,7H2,1H3. The van der Waals surface area contributed by atoms with E-state index in [1.807, 2.05) is 0 Å². The van der Waals surface area contributed by atoms with Gasteiger partial charge in [-0.2, -0.15) is 0 Å². The van der Waals surface area contributed by atoms with E-state index in [0.717, 1.165) is 6.42 Å². The van der Waals surface area contributed by atoms with Crippen LogP contribution in [0.25, 0.3) is 11.7 Å². The molecule has 2 heterocycles. The third kappa shape index (κ3) is 3.34. The molecule has 2 aromatic rings. The summed E-state index contributed by atoms with van der Waals surface area (Å²) < 4.78 is 10.6. The number of aromatic nitrogens is 2. The topological polar surface area (TPSA) is 72.3 Å². The fourth-order valence-corrected chi connectivity index (χ4v) is 2.11. The molecule has 0 radical (unpaired) electrons. The van der Waals surface area contributed by atoms with Crippen LogP contribution in [0.1, 0.15) is 19.2 Å². The molecule has 1 N–H and O–H groups in total. The Morgan fingerprint density at radius 2 is 2.35 bits per heavy atom. The summed E-state index contributed by atoms with van der Waals surface area (Å²) in [5.41, 5.74) is 0. The highest BCUT2D eigenvalue weighted by molar-refractivity contribution is 7.99. The molecule has 0 aliphatic heterocycles. The quantitative estimate of drug-likeness (QED) is 0.853. The molecule has 0 aliphatic rings. The lowest BCUT2D eigenvalue weighted by molar-refractivity contribution is 0.289. The molecule has 0 saturated heterocycles. The molecule has 1 atom stereocenters. The molecule has 0 spiro atoms. The summed E-state index contributed by atoms with van der Waals surface area (Å²) in [4.78, 5) is 0. The van der Waals surface area contributed by atoms with Crippen LogP contribution in [0, 0.1) is 0 Å². The molecule has 5 nitrogen and oxygen atoms in total. The van der Waals surface area contributed by atoms with E-state index in [2.05, 4.69) is 17.1 Å². The summed E-state index contributed by atoms with van der Waals surface area (Å²) in [6.07, 6.45) is 2.33. The highest BCUT2D eigenvalue weighted by Crippen LogP contribution is 2.22. The first kappa shape index (κ1) is 12.2.